The average Bonchev–Trinajstić information content (AvgIpc) is 2.96. The maximum Gasteiger partial charge on any atom is 0.147 e. The molecule has 6 heteroatoms. The average molecular weight is 293 g/mol. The Kier molecular flexibility index (Phi) is 4.87. The highest BCUT2D eigenvalue weighted by Crippen LogP contribution is 2.32. The SMILES string of the molecule is CCCNCC1(CN2CCn3cnnc3C2)CCOCC1. The third kappa shape index (κ3) is 3.62. The van der Waals surface area contributed by atoms with Crippen LogP contribution in [0.25, 0.3) is 0 Å². The summed E-state index contributed by atoms with van der Waals surface area (Å²) in [5.74, 6) is 1.10. The molecule has 3 heterocycles. The van der Waals surface area contributed by atoms with Crippen LogP contribution in [-0.2, 0) is 17.8 Å². The fourth-order valence-electron chi connectivity index (χ4n) is 3.45. The zero-order valence-electron chi connectivity index (χ0n) is 13.1. The van der Waals surface area contributed by atoms with E-state index in [4.69, 9.17) is 4.74 Å². The van der Waals surface area contributed by atoms with Crippen molar-refractivity contribution in [1.29, 1.82) is 0 Å². The van der Waals surface area contributed by atoms with Gasteiger partial charge in [0, 0.05) is 39.4 Å². The van der Waals surface area contributed by atoms with Gasteiger partial charge >= 0.3 is 0 Å². The first-order valence-corrected chi connectivity index (χ1v) is 8.19. The Labute approximate surface area is 126 Å². The lowest BCUT2D eigenvalue weighted by Crippen LogP contribution is -2.49. The summed E-state index contributed by atoms with van der Waals surface area (Å²) in [6.45, 7) is 10.4. The second-order valence-electron chi connectivity index (χ2n) is 6.44. The van der Waals surface area contributed by atoms with Gasteiger partial charge in [-0.3, -0.25) is 4.90 Å². The zero-order valence-corrected chi connectivity index (χ0v) is 13.1. The Morgan fingerprint density at radius 2 is 2.19 bits per heavy atom. The minimum atomic E-state index is 0.357. The number of hydrogen-bond acceptors (Lipinski definition) is 5. The largest absolute Gasteiger partial charge is 0.381 e. The van der Waals surface area contributed by atoms with Crippen LogP contribution in [0.2, 0.25) is 0 Å². The summed E-state index contributed by atoms with van der Waals surface area (Å²) in [5, 5.41) is 11.9. The van der Waals surface area contributed by atoms with Crippen LogP contribution in [0.15, 0.2) is 6.33 Å². The first-order chi connectivity index (χ1) is 10.3. The third-order valence-corrected chi connectivity index (χ3v) is 4.76. The molecule has 0 saturated carbocycles. The van der Waals surface area contributed by atoms with Crippen molar-refractivity contribution in [2.75, 3.05) is 39.4 Å². The number of fused-ring (bicyclic) bond motifs is 1. The lowest BCUT2D eigenvalue weighted by atomic mass is 9.79. The maximum absolute atomic E-state index is 5.59. The Bertz CT molecular complexity index is 441. The van der Waals surface area contributed by atoms with Gasteiger partial charge in [0.05, 0.1) is 6.54 Å². The first kappa shape index (κ1) is 14.9. The zero-order chi connectivity index (χ0) is 14.5. The monoisotopic (exact) mass is 293 g/mol. The lowest BCUT2D eigenvalue weighted by molar-refractivity contribution is -0.00876. The van der Waals surface area contributed by atoms with Gasteiger partial charge in [-0.2, -0.15) is 0 Å². The van der Waals surface area contributed by atoms with Gasteiger partial charge < -0.3 is 14.6 Å². The van der Waals surface area contributed by atoms with E-state index >= 15 is 0 Å². The predicted octanol–water partition coefficient (Wildman–Crippen LogP) is 0.890. The number of nitrogens with one attached hydrogen (secondary N) is 1. The summed E-state index contributed by atoms with van der Waals surface area (Å²) in [6, 6.07) is 0. The van der Waals surface area contributed by atoms with E-state index in [1.165, 1.54) is 6.42 Å². The topological polar surface area (TPSA) is 55.2 Å². The van der Waals surface area contributed by atoms with Crippen molar-refractivity contribution in [2.24, 2.45) is 5.41 Å². The van der Waals surface area contributed by atoms with E-state index in [9.17, 15) is 0 Å². The molecule has 1 aromatic rings. The molecule has 1 N–H and O–H groups in total. The number of nitrogens with zero attached hydrogens (tertiary/aromatic N) is 4. The van der Waals surface area contributed by atoms with E-state index in [0.29, 0.717) is 5.41 Å². The van der Waals surface area contributed by atoms with Gasteiger partial charge in [-0.05, 0) is 31.2 Å². The molecule has 118 valence electrons. The Morgan fingerprint density at radius 3 is 3.00 bits per heavy atom. The van der Waals surface area contributed by atoms with Gasteiger partial charge in [-0.25, -0.2) is 0 Å². The van der Waals surface area contributed by atoms with Gasteiger partial charge in [-0.1, -0.05) is 6.92 Å². The molecular weight excluding hydrogens is 266 g/mol. The molecule has 0 aromatic carbocycles. The van der Waals surface area contributed by atoms with E-state index in [1.807, 2.05) is 6.33 Å². The van der Waals surface area contributed by atoms with E-state index in [0.717, 1.165) is 71.1 Å². The van der Waals surface area contributed by atoms with Crippen LogP contribution < -0.4 is 5.32 Å². The Hall–Kier alpha value is -0.980. The van der Waals surface area contributed by atoms with E-state index < -0.39 is 0 Å². The van der Waals surface area contributed by atoms with Crippen molar-refractivity contribution in [3.05, 3.63) is 12.2 Å². The number of aromatic nitrogens is 3. The molecule has 0 spiro atoms. The van der Waals surface area contributed by atoms with Crippen molar-refractivity contribution < 1.29 is 4.74 Å². The van der Waals surface area contributed by atoms with Crippen molar-refractivity contribution in [1.82, 2.24) is 25.0 Å². The number of rotatable bonds is 6. The quantitative estimate of drug-likeness (QED) is 0.790. The molecule has 0 amide bonds. The molecular formula is C15H27N5O. The van der Waals surface area contributed by atoms with Gasteiger partial charge in [0.2, 0.25) is 0 Å². The molecule has 0 aliphatic carbocycles. The summed E-state index contributed by atoms with van der Waals surface area (Å²) >= 11 is 0. The fourth-order valence-corrected chi connectivity index (χ4v) is 3.45. The fraction of sp³-hybridized carbons (Fsp3) is 0.867. The number of hydrogen-bond donors (Lipinski definition) is 1. The van der Waals surface area contributed by atoms with Crippen LogP contribution in [0.4, 0.5) is 0 Å². The summed E-state index contributed by atoms with van der Waals surface area (Å²) in [7, 11) is 0. The van der Waals surface area contributed by atoms with Crippen LogP contribution in [0, 0.1) is 5.41 Å². The highest BCUT2D eigenvalue weighted by Gasteiger charge is 2.35. The molecule has 1 aromatic heterocycles. The molecule has 21 heavy (non-hydrogen) atoms. The molecule has 6 nitrogen and oxygen atoms in total. The van der Waals surface area contributed by atoms with Crippen LogP contribution in [0.5, 0.6) is 0 Å². The summed E-state index contributed by atoms with van der Waals surface area (Å²) in [5.41, 5.74) is 0.357. The van der Waals surface area contributed by atoms with E-state index in [2.05, 4.69) is 31.9 Å². The molecule has 2 aliphatic rings. The molecule has 0 unspecified atom stereocenters. The molecule has 2 aliphatic heterocycles. The van der Waals surface area contributed by atoms with Crippen molar-refractivity contribution >= 4 is 0 Å². The second kappa shape index (κ2) is 6.85. The lowest BCUT2D eigenvalue weighted by Gasteiger charge is -2.42. The summed E-state index contributed by atoms with van der Waals surface area (Å²) in [4.78, 5) is 2.54. The smallest absolute Gasteiger partial charge is 0.147 e. The van der Waals surface area contributed by atoms with Crippen molar-refractivity contribution in [2.45, 2.75) is 39.3 Å². The number of ether oxygens (including phenoxy) is 1. The maximum atomic E-state index is 5.59. The van der Waals surface area contributed by atoms with E-state index in [1.54, 1.807) is 0 Å². The molecule has 1 fully saturated rings. The van der Waals surface area contributed by atoms with Crippen LogP contribution in [0.3, 0.4) is 0 Å². The molecule has 0 bridgehead atoms. The van der Waals surface area contributed by atoms with Gasteiger partial charge in [0.1, 0.15) is 12.2 Å². The van der Waals surface area contributed by atoms with Crippen molar-refractivity contribution in [3.63, 3.8) is 0 Å². The van der Waals surface area contributed by atoms with E-state index in [-0.39, 0.29) is 0 Å². The van der Waals surface area contributed by atoms with Gasteiger partial charge in [0.15, 0.2) is 0 Å². The van der Waals surface area contributed by atoms with Crippen LogP contribution in [-0.4, -0.2) is 59.1 Å². The predicted molar refractivity (Wildman–Crippen MR) is 80.9 cm³/mol. The minimum Gasteiger partial charge on any atom is -0.381 e. The first-order valence-electron chi connectivity index (χ1n) is 8.19. The van der Waals surface area contributed by atoms with Gasteiger partial charge in [0.25, 0.3) is 0 Å². The van der Waals surface area contributed by atoms with Gasteiger partial charge in [-0.15, -0.1) is 10.2 Å². The normalized spacial score (nSPS) is 22.1. The molecule has 0 atom stereocenters. The summed E-state index contributed by atoms with van der Waals surface area (Å²) < 4.78 is 7.76. The van der Waals surface area contributed by atoms with Crippen LogP contribution >= 0.6 is 0 Å². The Balaban J connectivity index is 1.61. The minimum absolute atomic E-state index is 0.357. The highest BCUT2D eigenvalue weighted by molar-refractivity contribution is 4.93. The second-order valence-corrected chi connectivity index (χ2v) is 6.44. The summed E-state index contributed by atoms with van der Waals surface area (Å²) in [6.07, 6.45) is 5.36. The molecule has 0 radical (unpaired) electrons. The highest BCUT2D eigenvalue weighted by atomic mass is 16.5. The molecule has 1 saturated heterocycles. The molecule has 3 rings (SSSR count). The Morgan fingerprint density at radius 1 is 1.33 bits per heavy atom. The van der Waals surface area contributed by atoms with Crippen molar-refractivity contribution in [3.8, 4) is 0 Å². The third-order valence-electron chi connectivity index (χ3n) is 4.76. The standard InChI is InChI=1S/C15H27N5O/c1-2-5-16-11-15(3-8-21-9-4-15)12-19-6-7-20-13-17-18-14(20)10-19/h13,16H,2-12H2,1H3. The van der Waals surface area contributed by atoms with Crippen LogP contribution in [0.1, 0.15) is 32.0 Å².